The Morgan fingerprint density at radius 3 is 2.46 bits per heavy atom. The van der Waals surface area contributed by atoms with Crippen LogP contribution in [0.4, 0.5) is 13.2 Å². The van der Waals surface area contributed by atoms with E-state index in [-0.39, 0.29) is 31.3 Å². The summed E-state index contributed by atoms with van der Waals surface area (Å²) in [7, 11) is 0. The summed E-state index contributed by atoms with van der Waals surface area (Å²) in [6.45, 7) is 4.32. The van der Waals surface area contributed by atoms with Crippen LogP contribution in [0.3, 0.4) is 0 Å². The number of fused-ring (bicyclic) bond motifs is 1. The number of ether oxygens (including phenoxy) is 1. The zero-order valence-corrected chi connectivity index (χ0v) is 19.8. The molecule has 1 aliphatic heterocycles. The molecule has 10 heteroatoms. The van der Waals surface area contributed by atoms with Crippen molar-refractivity contribution in [1.29, 1.82) is 0 Å². The molecule has 4 heterocycles. The fourth-order valence-corrected chi connectivity index (χ4v) is 6.34. The Labute approximate surface area is 200 Å². The molecule has 7 nitrogen and oxygen atoms in total. The van der Waals surface area contributed by atoms with Gasteiger partial charge in [-0.05, 0) is 58.8 Å². The van der Waals surface area contributed by atoms with Crippen molar-refractivity contribution in [2.24, 2.45) is 5.41 Å². The van der Waals surface area contributed by atoms with E-state index in [0.717, 1.165) is 23.4 Å². The zero-order valence-electron chi connectivity index (χ0n) is 19.8. The van der Waals surface area contributed by atoms with Crippen LogP contribution in [0, 0.1) is 19.3 Å². The van der Waals surface area contributed by atoms with Gasteiger partial charge in [0.15, 0.2) is 5.65 Å². The molecule has 0 radical (unpaired) electrons. The van der Waals surface area contributed by atoms with Crippen LogP contribution < -0.4 is 0 Å². The lowest BCUT2D eigenvalue weighted by molar-refractivity contribution is -0.337. The summed E-state index contributed by atoms with van der Waals surface area (Å²) >= 11 is 0. The van der Waals surface area contributed by atoms with Crippen molar-refractivity contribution < 1.29 is 17.9 Å². The normalized spacial score (nSPS) is 32.4. The lowest BCUT2D eigenvalue weighted by Gasteiger charge is -2.70. The summed E-state index contributed by atoms with van der Waals surface area (Å²) in [5.74, 6) is 0.687. The van der Waals surface area contributed by atoms with E-state index in [0.29, 0.717) is 41.8 Å². The van der Waals surface area contributed by atoms with E-state index in [1.165, 1.54) is 12.8 Å². The van der Waals surface area contributed by atoms with Crippen molar-refractivity contribution in [2.45, 2.75) is 88.4 Å². The van der Waals surface area contributed by atoms with Gasteiger partial charge in [0.05, 0.1) is 40.8 Å². The van der Waals surface area contributed by atoms with Gasteiger partial charge in [-0.25, -0.2) is 19.9 Å². The number of alkyl halides is 3. The second kappa shape index (κ2) is 6.99. The van der Waals surface area contributed by atoms with E-state index < -0.39 is 17.0 Å². The van der Waals surface area contributed by atoms with Gasteiger partial charge >= 0.3 is 6.18 Å². The van der Waals surface area contributed by atoms with E-state index in [4.69, 9.17) is 19.7 Å². The van der Waals surface area contributed by atoms with Crippen molar-refractivity contribution in [3.8, 4) is 0 Å². The van der Waals surface area contributed by atoms with Crippen LogP contribution in [0.15, 0.2) is 12.4 Å². The van der Waals surface area contributed by atoms with E-state index in [1.807, 2.05) is 24.7 Å². The number of rotatable bonds is 4. The van der Waals surface area contributed by atoms with Gasteiger partial charge < -0.3 is 4.74 Å². The topological polar surface area (TPSA) is 78.6 Å². The molecule has 0 aromatic carbocycles. The first kappa shape index (κ1) is 21.6. The van der Waals surface area contributed by atoms with Crippen LogP contribution in [0.25, 0.3) is 11.2 Å². The maximum absolute atomic E-state index is 13.6. The molecule has 0 N–H and O–H groups in total. The van der Waals surface area contributed by atoms with Gasteiger partial charge in [-0.3, -0.25) is 4.68 Å². The van der Waals surface area contributed by atoms with Crippen molar-refractivity contribution >= 4 is 11.2 Å². The number of nitrogens with zero attached hydrogens (tertiary/aromatic N) is 6. The minimum absolute atomic E-state index is 0.0357. The van der Waals surface area contributed by atoms with Gasteiger partial charge in [0.2, 0.25) is 0 Å². The third-order valence-corrected chi connectivity index (χ3v) is 8.66. The molecule has 0 unspecified atom stereocenters. The first-order valence-electron chi connectivity index (χ1n) is 12.4. The molecule has 3 aromatic rings. The van der Waals surface area contributed by atoms with E-state index >= 15 is 0 Å². The molecule has 1 saturated heterocycles. The standard InChI is InChI=1S/C25H27F3N6O/c1-13-14(2)31-22-19(30-13)20(23-10-24(11-23,12-23)25(26,27)28)32-21(33-22)15-5-6-35-18(7-15)16-8-29-34(9-16)17-3-4-17/h8-9,15,17-18H,3-7,10-12H2,1-2H3/t15-,18+,23?,24?/m1/s1. The Kier molecular flexibility index (Phi) is 4.32. The first-order valence-corrected chi connectivity index (χ1v) is 12.4. The average Bonchev–Trinajstić information content (AvgIpc) is 3.48. The maximum Gasteiger partial charge on any atom is 0.394 e. The zero-order chi connectivity index (χ0) is 24.2. The van der Waals surface area contributed by atoms with Gasteiger partial charge in [0.1, 0.15) is 11.3 Å². The van der Waals surface area contributed by atoms with Crippen LogP contribution in [-0.2, 0) is 10.2 Å². The molecule has 3 aromatic heterocycles. The highest BCUT2D eigenvalue weighted by atomic mass is 19.4. The predicted octanol–water partition coefficient (Wildman–Crippen LogP) is 5.19. The fourth-order valence-electron chi connectivity index (χ4n) is 6.34. The molecule has 0 amide bonds. The molecular weight excluding hydrogens is 457 g/mol. The van der Waals surface area contributed by atoms with Crippen LogP contribution in [0.5, 0.6) is 0 Å². The van der Waals surface area contributed by atoms with Crippen molar-refractivity contribution in [3.05, 3.63) is 40.9 Å². The summed E-state index contributed by atoms with van der Waals surface area (Å²) < 4.78 is 48.9. The molecule has 4 aliphatic carbocycles. The van der Waals surface area contributed by atoms with Crippen LogP contribution in [0.1, 0.15) is 91.5 Å². The summed E-state index contributed by atoms with van der Waals surface area (Å²) in [5, 5.41) is 4.50. The molecule has 4 saturated carbocycles. The Hall–Kier alpha value is -2.62. The minimum atomic E-state index is -4.17. The Morgan fingerprint density at radius 2 is 1.74 bits per heavy atom. The Balaban J connectivity index is 1.24. The van der Waals surface area contributed by atoms with Crippen molar-refractivity contribution in [2.75, 3.05) is 6.61 Å². The molecule has 184 valence electrons. The summed E-state index contributed by atoms with van der Waals surface area (Å²) in [6.07, 6.45) is 3.74. The van der Waals surface area contributed by atoms with E-state index in [1.54, 1.807) is 0 Å². The second-order valence-electron chi connectivity index (χ2n) is 11.2. The van der Waals surface area contributed by atoms with Gasteiger partial charge in [-0.1, -0.05) is 0 Å². The van der Waals surface area contributed by atoms with Gasteiger partial charge in [0.25, 0.3) is 0 Å². The minimum Gasteiger partial charge on any atom is -0.373 e. The van der Waals surface area contributed by atoms with Crippen molar-refractivity contribution in [1.82, 2.24) is 29.7 Å². The highest BCUT2D eigenvalue weighted by Gasteiger charge is 2.79. The summed E-state index contributed by atoms with van der Waals surface area (Å²) in [4.78, 5) is 19.1. The number of aromatic nitrogens is 6. The third-order valence-electron chi connectivity index (χ3n) is 8.66. The van der Waals surface area contributed by atoms with Gasteiger partial charge in [-0.2, -0.15) is 18.3 Å². The largest absolute Gasteiger partial charge is 0.394 e. The molecule has 2 bridgehead atoms. The summed E-state index contributed by atoms with van der Waals surface area (Å²) in [6, 6.07) is 0.507. The highest BCUT2D eigenvalue weighted by molar-refractivity contribution is 5.75. The molecule has 0 spiro atoms. The predicted molar refractivity (Wildman–Crippen MR) is 120 cm³/mol. The van der Waals surface area contributed by atoms with Crippen LogP contribution >= 0.6 is 0 Å². The third kappa shape index (κ3) is 3.17. The number of hydrogen-bond acceptors (Lipinski definition) is 6. The highest BCUT2D eigenvalue weighted by Crippen LogP contribution is 2.78. The number of halogens is 3. The average molecular weight is 485 g/mol. The van der Waals surface area contributed by atoms with E-state index in [2.05, 4.69) is 16.3 Å². The van der Waals surface area contributed by atoms with E-state index in [9.17, 15) is 13.2 Å². The first-order chi connectivity index (χ1) is 16.7. The number of aryl methyl sites for hydroxylation is 2. The van der Waals surface area contributed by atoms with Crippen LogP contribution in [0.2, 0.25) is 0 Å². The molecule has 35 heavy (non-hydrogen) atoms. The lowest BCUT2D eigenvalue weighted by Crippen LogP contribution is -2.70. The van der Waals surface area contributed by atoms with Crippen LogP contribution in [-0.4, -0.2) is 42.5 Å². The maximum atomic E-state index is 13.6. The monoisotopic (exact) mass is 484 g/mol. The van der Waals surface area contributed by atoms with Crippen molar-refractivity contribution in [3.63, 3.8) is 0 Å². The van der Waals surface area contributed by atoms with Gasteiger partial charge in [0, 0.05) is 29.7 Å². The second-order valence-corrected chi connectivity index (χ2v) is 11.2. The molecule has 2 atom stereocenters. The number of hydrogen-bond donors (Lipinski definition) is 0. The quantitative estimate of drug-likeness (QED) is 0.507. The Bertz CT molecular complexity index is 1330. The molecule has 5 aliphatic rings. The molecule has 5 fully saturated rings. The Morgan fingerprint density at radius 1 is 1.00 bits per heavy atom. The molecule has 8 rings (SSSR count). The van der Waals surface area contributed by atoms with Gasteiger partial charge in [-0.15, -0.1) is 0 Å². The molecular formula is C25H27F3N6O. The summed E-state index contributed by atoms with van der Waals surface area (Å²) in [5.41, 5.74) is 2.16. The SMILES string of the molecule is Cc1nc2nc([C@@H]3CCO[C@H](c4cnn(C5CC5)c4)C3)nc(C34CC(C(F)(F)F)(C3)C4)c2nc1C. The smallest absolute Gasteiger partial charge is 0.373 e. The lowest BCUT2D eigenvalue weighted by atomic mass is 9.34. The fraction of sp³-hybridized carbons (Fsp3) is 0.640.